The summed E-state index contributed by atoms with van der Waals surface area (Å²) in [5.74, 6) is -0.229. The number of carbonyl (C=O) groups excluding carboxylic acids is 1. The summed E-state index contributed by atoms with van der Waals surface area (Å²) in [4.78, 5) is 24.3. The fourth-order valence-electron chi connectivity index (χ4n) is 2.28. The van der Waals surface area contributed by atoms with Gasteiger partial charge in [-0.2, -0.15) is 0 Å². The standard InChI is InChI=1S/C13H16N2O4/c16-9-10-4-5-11(15(18)19)8-12(10)13(17)14-6-2-1-3-7-14/h4-5,8,16H,1-3,6-7,9H2. The molecule has 1 amide bonds. The molecule has 1 aromatic carbocycles. The molecule has 1 aromatic rings. The van der Waals surface area contributed by atoms with Gasteiger partial charge in [-0.1, -0.05) is 0 Å². The number of nitro groups is 1. The van der Waals surface area contributed by atoms with Crippen molar-refractivity contribution in [3.8, 4) is 0 Å². The average Bonchev–Trinajstić information content (AvgIpc) is 2.46. The molecule has 1 N–H and O–H groups in total. The van der Waals surface area contributed by atoms with Gasteiger partial charge in [-0.25, -0.2) is 0 Å². The Bertz CT molecular complexity index is 495. The Hall–Kier alpha value is -1.95. The smallest absolute Gasteiger partial charge is 0.270 e. The lowest BCUT2D eigenvalue weighted by Gasteiger charge is -2.27. The van der Waals surface area contributed by atoms with Gasteiger partial charge in [0.1, 0.15) is 0 Å². The fourth-order valence-corrected chi connectivity index (χ4v) is 2.28. The van der Waals surface area contributed by atoms with Gasteiger partial charge in [0.15, 0.2) is 0 Å². The molecule has 1 aliphatic rings. The highest BCUT2D eigenvalue weighted by molar-refractivity contribution is 5.96. The van der Waals surface area contributed by atoms with Gasteiger partial charge in [0.05, 0.1) is 17.1 Å². The summed E-state index contributed by atoms with van der Waals surface area (Å²) < 4.78 is 0. The van der Waals surface area contributed by atoms with Crippen molar-refractivity contribution >= 4 is 11.6 Å². The van der Waals surface area contributed by atoms with E-state index >= 15 is 0 Å². The molecule has 0 atom stereocenters. The first-order valence-electron chi connectivity index (χ1n) is 6.31. The number of hydrogen-bond acceptors (Lipinski definition) is 4. The Morgan fingerprint density at radius 2 is 2.00 bits per heavy atom. The van der Waals surface area contributed by atoms with E-state index in [0.717, 1.165) is 19.3 Å². The molecule has 6 nitrogen and oxygen atoms in total. The summed E-state index contributed by atoms with van der Waals surface area (Å²) in [5, 5.41) is 20.0. The Kier molecular flexibility index (Phi) is 4.11. The quantitative estimate of drug-likeness (QED) is 0.665. The Labute approximate surface area is 110 Å². The maximum atomic E-state index is 12.3. The average molecular weight is 264 g/mol. The van der Waals surface area contributed by atoms with Crippen molar-refractivity contribution in [3.05, 3.63) is 39.4 Å². The van der Waals surface area contributed by atoms with Crippen LogP contribution in [0.4, 0.5) is 5.69 Å². The first kappa shape index (κ1) is 13.5. The van der Waals surface area contributed by atoms with Crippen LogP contribution in [0.1, 0.15) is 35.2 Å². The number of hydrogen-bond donors (Lipinski definition) is 1. The van der Waals surface area contributed by atoms with E-state index in [2.05, 4.69) is 0 Å². The van der Waals surface area contributed by atoms with E-state index in [-0.39, 0.29) is 23.8 Å². The number of aliphatic hydroxyl groups excluding tert-OH is 1. The Morgan fingerprint density at radius 3 is 2.58 bits per heavy atom. The number of benzene rings is 1. The number of non-ortho nitro benzene ring substituents is 1. The van der Waals surface area contributed by atoms with Gasteiger partial charge in [-0.3, -0.25) is 14.9 Å². The topological polar surface area (TPSA) is 83.7 Å². The molecule has 102 valence electrons. The lowest BCUT2D eigenvalue weighted by Crippen LogP contribution is -2.36. The zero-order valence-electron chi connectivity index (χ0n) is 10.5. The minimum absolute atomic E-state index is 0.127. The first-order chi connectivity index (χ1) is 9.13. The van der Waals surface area contributed by atoms with Crippen LogP contribution in [0.2, 0.25) is 0 Å². The van der Waals surface area contributed by atoms with Crippen LogP contribution in [0.5, 0.6) is 0 Å². The highest BCUT2D eigenvalue weighted by atomic mass is 16.6. The zero-order chi connectivity index (χ0) is 13.8. The van der Waals surface area contributed by atoms with Crippen LogP contribution in [-0.4, -0.2) is 33.9 Å². The second kappa shape index (κ2) is 5.79. The van der Waals surface area contributed by atoms with E-state index in [0.29, 0.717) is 18.7 Å². The van der Waals surface area contributed by atoms with Crippen molar-refractivity contribution in [1.82, 2.24) is 4.90 Å². The normalized spacial score (nSPS) is 15.3. The maximum Gasteiger partial charge on any atom is 0.270 e. The highest BCUT2D eigenvalue weighted by Gasteiger charge is 2.22. The molecule has 0 bridgehead atoms. The van der Waals surface area contributed by atoms with Gasteiger partial charge in [-0.15, -0.1) is 0 Å². The molecule has 19 heavy (non-hydrogen) atoms. The summed E-state index contributed by atoms with van der Waals surface area (Å²) in [6, 6.07) is 4.00. The van der Waals surface area contributed by atoms with E-state index in [4.69, 9.17) is 0 Å². The van der Waals surface area contributed by atoms with Crippen molar-refractivity contribution in [2.45, 2.75) is 25.9 Å². The molecule has 1 saturated heterocycles. The molecule has 0 spiro atoms. The van der Waals surface area contributed by atoms with Gasteiger partial charge >= 0.3 is 0 Å². The van der Waals surface area contributed by atoms with Crippen LogP contribution < -0.4 is 0 Å². The van der Waals surface area contributed by atoms with Gasteiger partial charge in [0.2, 0.25) is 0 Å². The van der Waals surface area contributed by atoms with Crippen molar-refractivity contribution in [3.63, 3.8) is 0 Å². The summed E-state index contributed by atoms with van der Waals surface area (Å²) in [6.45, 7) is 1.05. The molecule has 0 saturated carbocycles. The van der Waals surface area contributed by atoms with Crippen LogP contribution in [0.3, 0.4) is 0 Å². The lowest BCUT2D eigenvalue weighted by atomic mass is 10.0. The minimum Gasteiger partial charge on any atom is -0.392 e. The summed E-state index contributed by atoms with van der Waals surface area (Å²) in [6.07, 6.45) is 3.01. The molecule has 1 fully saturated rings. The fraction of sp³-hybridized carbons (Fsp3) is 0.462. The van der Waals surface area contributed by atoms with Crippen molar-refractivity contribution in [1.29, 1.82) is 0 Å². The number of rotatable bonds is 3. The molecule has 0 aromatic heterocycles. The Balaban J connectivity index is 2.32. The first-order valence-corrected chi connectivity index (χ1v) is 6.31. The number of nitro benzene ring substituents is 1. The van der Waals surface area contributed by atoms with Crippen LogP contribution in [0.25, 0.3) is 0 Å². The predicted octanol–water partition coefficient (Wildman–Crippen LogP) is 1.71. The minimum atomic E-state index is -0.534. The molecule has 6 heteroatoms. The van der Waals surface area contributed by atoms with Crippen LogP contribution in [0, 0.1) is 10.1 Å². The number of aliphatic hydroxyl groups is 1. The molecular weight excluding hydrogens is 248 g/mol. The molecule has 1 aliphatic heterocycles. The maximum absolute atomic E-state index is 12.3. The van der Waals surface area contributed by atoms with Crippen LogP contribution in [0.15, 0.2) is 18.2 Å². The number of likely N-dealkylation sites (tertiary alicyclic amines) is 1. The second-order valence-electron chi connectivity index (χ2n) is 4.61. The second-order valence-corrected chi connectivity index (χ2v) is 4.61. The zero-order valence-corrected chi connectivity index (χ0v) is 10.5. The third-order valence-electron chi connectivity index (χ3n) is 3.35. The number of nitrogens with zero attached hydrogens (tertiary/aromatic N) is 2. The third kappa shape index (κ3) is 2.90. The molecule has 1 heterocycles. The number of carbonyl (C=O) groups is 1. The summed E-state index contributed by atoms with van der Waals surface area (Å²) in [5.41, 5.74) is 0.539. The SMILES string of the molecule is O=C(c1cc([N+](=O)[O-])ccc1CO)N1CCCCC1. The predicted molar refractivity (Wildman–Crippen MR) is 68.8 cm³/mol. The molecule has 0 aliphatic carbocycles. The van der Waals surface area contributed by atoms with Crippen molar-refractivity contribution < 1.29 is 14.8 Å². The molecule has 0 radical (unpaired) electrons. The van der Waals surface area contributed by atoms with E-state index < -0.39 is 4.92 Å². The highest BCUT2D eigenvalue weighted by Crippen LogP contribution is 2.21. The van der Waals surface area contributed by atoms with Crippen LogP contribution in [-0.2, 0) is 6.61 Å². The summed E-state index contributed by atoms with van der Waals surface area (Å²) in [7, 11) is 0. The molecular formula is C13H16N2O4. The number of amides is 1. The lowest BCUT2D eigenvalue weighted by molar-refractivity contribution is -0.384. The largest absolute Gasteiger partial charge is 0.392 e. The van der Waals surface area contributed by atoms with E-state index in [1.807, 2.05) is 0 Å². The van der Waals surface area contributed by atoms with E-state index in [9.17, 15) is 20.0 Å². The molecule has 0 unspecified atom stereocenters. The van der Waals surface area contributed by atoms with Gasteiger partial charge < -0.3 is 10.0 Å². The number of piperidine rings is 1. The van der Waals surface area contributed by atoms with Crippen molar-refractivity contribution in [2.75, 3.05) is 13.1 Å². The summed E-state index contributed by atoms with van der Waals surface area (Å²) >= 11 is 0. The Morgan fingerprint density at radius 1 is 1.32 bits per heavy atom. The van der Waals surface area contributed by atoms with Gasteiger partial charge in [0.25, 0.3) is 11.6 Å². The molecule has 2 rings (SSSR count). The van der Waals surface area contributed by atoms with Gasteiger partial charge in [-0.05, 0) is 30.9 Å². The van der Waals surface area contributed by atoms with Gasteiger partial charge in [0, 0.05) is 25.2 Å². The monoisotopic (exact) mass is 264 g/mol. The van der Waals surface area contributed by atoms with E-state index in [1.54, 1.807) is 4.90 Å². The third-order valence-corrected chi connectivity index (χ3v) is 3.35. The van der Waals surface area contributed by atoms with Crippen molar-refractivity contribution in [2.24, 2.45) is 0 Å². The van der Waals surface area contributed by atoms with E-state index in [1.165, 1.54) is 18.2 Å². The van der Waals surface area contributed by atoms with Crippen LogP contribution >= 0.6 is 0 Å².